The van der Waals surface area contributed by atoms with Gasteiger partial charge in [0.25, 0.3) is 5.91 Å². The van der Waals surface area contributed by atoms with Crippen molar-refractivity contribution >= 4 is 50.9 Å². The van der Waals surface area contributed by atoms with E-state index in [4.69, 9.17) is 12.2 Å². The minimum Gasteiger partial charge on any atom is -0.479 e. The van der Waals surface area contributed by atoms with Gasteiger partial charge >= 0.3 is 5.97 Å². The number of nitrogens with one attached hydrogen (secondary N) is 1. The van der Waals surface area contributed by atoms with Crippen LogP contribution in [0.3, 0.4) is 0 Å². The van der Waals surface area contributed by atoms with Crippen molar-refractivity contribution in [2.45, 2.75) is 18.5 Å². The number of aliphatic carboxylic acids is 1. The van der Waals surface area contributed by atoms with E-state index >= 15 is 0 Å². The lowest BCUT2D eigenvalue weighted by Crippen LogP contribution is -2.46. The number of aromatic amines is 1. The average molecular weight is 365 g/mol. The number of hydrogen-bond acceptors (Lipinski definition) is 3. The van der Waals surface area contributed by atoms with Crippen LogP contribution >= 0.6 is 12.2 Å². The Hall–Kier alpha value is -2.93. The molecular formula is C19H15N3O3S. The number of fused-ring (bicyclic) bond motifs is 6. The molecule has 5 rings (SSSR count). The smallest absolute Gasteiger partial charge is 0.332 e. The largest absolute Gasteiger partial charge is 0.479 e. The van der Waals surface area contributed by atoms with Gasteiger partial charge in [-0.05, 0) is 34.6 Å². The lowest BCUT2D eigenvalue weighted by Gasteiger charge is -2.34. The van der Waals surface area contributed by atoms with Crippen LogP contribution < -0.4 is 0 Å². The van der Waals surface area contributed by atoms with Crippen molar-refractivity contribution < 1.29 is 14.7 Å². The second-order valence-corrected chi connectivity index (χ2v) is 7.14. The first-order valence-corrected chi connectivity index (χ1v) is 8.74. The van der Waals surface area contributed by atoms with Gasteiger partial charge in [-0.1, -0.05) is 30.3 Å². The minimum atomic E-state index is -1.02. The van der Waals surface area contributed by atoms with Crippen LogP contribution in [0.2, 0.25) is 0 Å². The molecule has 7 heteroatoms. The van der Waals surface area contributed by atoms with E-state index in [1.54, 1.807) is 11.9 Å². The van der Waals surface area contributed by atoms with Gasteiger partial charge in [0.15, 0.2) is 11.2 Å². The number of amides is 1. The van der Waals surface area contributed by atoms with Gasteiger partial charge in [-0.2, -0.15) is 0 Å². The molecule has 0 spiro atoms. The highest BCUT2D eigenvalue weighted by Crippen LogP contribution is 2.42. The molecule has 2 aromatic carbocycles. The van der Waals surface area contributed by atoms with Gasteiger partial charge in [-0.15, -0.1) is 0 Å². The molecule has 1 saturated heterocycles. The van der Waals surface area contributed by atoms with Crippen LogP contribution in [0.1, 0.15) is 17.3 Å². The number of benzene rings is 2. The fraction of sp³-hybridized carbons (Fsp3) is 0.211. The van der Waals surface area contributed by atoms with Crippen molar-refractivity contribution in [3.8, 4) is 0 Å². The summed E-state index contributed by atoms with van der Waals surface area (Å²) in [6.45, 7) is 0. The van der Waals surface area contributed by atoms with Crippen LogP contribution in [-0.4, -0.2) is 50.0 Å². The molecule has 0 aliphatic carbocycles. The van der Waals surface area contributed by atoms with Gasteiger partial charge in [0.1, 0.15) is 6.04 Å². The molecule has 6 nitrogen and oxygen atoms in total. The second kappa shape index (κ2) is 5.04. The SMILES string of the molecule is CN1C(=O)C2Cc3c([nH]c4ccc5ccccc5c34)C(C(=O)O)N2C1=S. The maximum absolute atomic E-state index is 12.6. The Balaban J connectivity index is 1.84. The predicted octanol–water partition coefficient (Wildman–Crippen LogP) is 2.43. The molecule has 130 valence electrons. The number of likely N-dealkylation sites (N-methyl/N-ethyl adjacent to an activating group) is 1. The highest BCUT2D eigenvalue weighted by Gasteiger charge is 2.51. The number of carboxylic acids is 1. The summed E-state index contributed by atoms with van der Waals surface area (Å²) < 4.78 is 0. The first-order chi connectivity index (χ1) is 12.5. The zero-order chi connectivity index (χ0) is 18.2. The van der Waals surface area contributed by atoms with Crippen LogP contribution in [0.15, 0.2) is 36.4 Å². The number of H-pyrrole nitrogens is 1. The average Bonchev–Trinajstić information content (AvgIpc) is 3.11. The van der Waals surface area contributed by atoms with Crippen LogP contribution in [0, 0.1) is 0 Å². The van der Waals surface area contributed by atoms with Crippen LogP contribution in [-0.2, 0) is 16.0 Å². The zero-order valence-electron chi connectivity index (χ0n) is 13.9. The van der Waals surface area contributed by atoms with Crippen molar-refractivity contribution in [1.82, 2.24) is 14.8 Å². The first-order valence-electron chi connectivity index (χ1n) is 8.34. The molecule has 0 saturated carbocycles. The summed E-state index contributed by atoms with van der Waals surface area (Å²) in [7, 11) is 1.60. The third-order valence-electron chi connectivity index (χ3n) is 5.47. The summed E-state index contributed by atoms with van der Waals surface area (Å²) in [5.74, 6) is -1.17. The van der Waals surface area contributed by atoms with Gasteiger partial charge in [-0.3, -0.25) is 9.69 Å². The summed E-state index contributed by atoms with van der Waals surface area (Å²) >= 11 is 5.35. The van der Waals surface area contributed by atoms with Gasteiger partial charge in [0.2, 0.25) is 0 Å². The van der Waals surface area contributed by atoms with Gasteiger partial charge in [0, 0.05) is 24.4 Å². The number of rotatable bonds is 1. The van der Waals surface area contributed by atoms with Crippen LogP contribution in [0.4, 0.5) is 0 Å². The molecule has 1 aromatic heterocycles. The Morgan fingerprint density at radius 3 is 2.81 bits per heavy atom. The van der Waals surface area contributed by atoms with Crippen LogP contribution in [0.25, 0.3) is 21.7 Å². The van der Waals surface area contributed by atoms with Gasteiger partial charge in [-0.25, -0.2) is 4.79 Å². The molecule has 2 aliphatic heterocycles. The summed E-state index contributed by atoms with van der Waals surface area (Å²) in [6.07, 6.45) is 0.441. The summed E-state index contributed by atoms with van der Waals surface area (Å²) in [4.78, 5) is 31.0. The topological polar surface area (TPSA) is 76.6 Å². The van der Waals surface area contributed by atoms with E-state index in [9.17, 15) is 14.7 Å². The quantitative estimate of drug-likeness (QED) is 0.648. The maximum atomic E-state index is 12.6. The number of nitrogens with zero attached hydrogens (tertiary/aromatic N) is 2. The number of carboxylic acid groups (broad SMARTS) is 1. The van der Waals surface area contributed by atoms with E-state index in [0.29, 0.717) is 12.1 Å². The highest BCUT2D eigenvalue weighted by atomic mass is 32.1. The molecule has 1 fully saturated rings. The van der Waals surface area contributed by atoms with E-state index in [-0.39, 0.29) is 11.0 Å². The molecule has 2 atom stereocenters. The normalized spacial score (nSPS) is 22.2. The van der Waals surface area contributed by atoms with E-state index in [2.05, 4.69) is 4.98 Å². The fourth-order valence-electron chi connectivity index (χ4n) is 4.30. The lowest BCUT2D eigenvalue weighted by atomic mass is 9.91. The Kier molecular flexibility index (Phi) is 2.98. The van der Waals surface area contributed by atoms with Crippen molar-refractivity contribution in [3.63, 3.8) is 0 Å². The molecule has 0 radical (unpaired) electrons. The molecular weight excluding hydrogens is 350 g/mol. The Morgan fingerprint density at radius 2 is 2.04 bits per heavy atom. The van der Waals surface area contributed by atoms with Crippen molar-refractivity contribution in [2.24, 2.45) is 0 Å². The second-order valence-electron chi connectivity index (χ2n) is 6.77. The summed E-state index contributed by atoms with van der Waals surface area (Å²) in [5, 5.41) is 13.3. The van der Waals surface area contributed by atoms with Crippen molar-refractivity contribution in [2.75, 3.05) is 7.05 Å². The maximum Gasteiger partial charge on any atom is 0.332 e. The molecule has 3 aromatic rings. The third kappa shape index (κ3) is 1.78. The van der Waals surface area contributed by atoms with E-state index in [1.165, 1.54) is 4.90 Å². The van der Waals surface area contributed by atoms with E-state index < -0.39 is 18.1 Å². The number of hydrogen-bond donors (Lipinski definition) is 2. The van der Waals surface area contributed by atoms with Crippen molar-refractivity contribution in [3.05, 3.63) is 47.7 Å². The first kappa shape index (κ1) is 15.3. The highest BCUT2D eigenvalue weighted by molar-refractivity contribution is 7.80. The number of thiocarbonyl (C=S) groups is 1. The molecule has 26 heavy (non-hydrogen) atoms. The monoisotopic (exact) mass is 365 g/mol. The molecule has 3 heterocycles. The number of carbonyl (C=O) groups excluding carboxylic acids is 1. The minimum absolute atomic E-state index is 0.151. The summed E-state index contributed by atoms with van der Waals surface area (Å²) in [6, 6.07) is 10.4. The molecule has 2 aliphatic rings. The zero-order valence-corrected chi connectivity index (χ0v) is 14.7. The molecule has 2 N–H and O–H groups in total. The Morgan fingerprint density at radius 1 is 1.27 bits per heavy atom. The number of carbonyl (C=O) groups is 2. The number of aromatic nitrogens is 1. The molecule has 1 amide bonds. The van der Waals surface area contributed by atoms with E-state index in [0.717, 1.165) is 27.2 Å². The Bertz CT molecular complexity index is 1140. The van der Waals surface area contributed by atoms with Gasteiger partial charge < -0.3 is 15.0 Å². The molecule has 0 bridgehead atoms. The van der Waals surface area contributed by atoms with E-state index in [1.807, 2.05) is 36.4 Å². The predicted molar refractivity (Wildman–Crippen MR) is 101 cm³/mol. The standard InChI is InChI=1S/C19H15N3O3S/c1-21-17(23)13-8-11-14-10-5-3-2-4-9(10)6-7-12(14)20-15(11)16(18(24)25)22(13)19(21)26/h2-7,13,16,20H,8H2,1H3,(H,24,25). The molecule has 2 unspecified atom stereocenters. The van der Waals surface area contributed by atoms with Gasteiger partial charge in [0.05, 0.1) is 5.69 Å². The third-order valence-corrected chi connectivity index (χ3v) is 5.95. The van der Waals surface area contributed by atoms with Crippen LogP contribution in [0.5, 0.6) is 0 Å². The fourth-order valence-corrected chi connectivity index (χ4v) is 4.62. The Labute approximate surface area is 154 Å². The lowest BCUT2D eigenvalue weighted by molar-refractivity contribution is -0.143. The van der Waals surface area contributed by atoms with Crippen molar-refractivity contribution in [1.29, 1.82) is 0 Å². The summed E-state index contributed by atoms with van der Waals surface area (Å²) in [5.41, 5.74) is 2.40.